The third-order valence-corrected chi connectivity index (χ3v) is 4.66. The van der Waals surface area contributed by atoms with Crippen molar-refractivity contribution in [2.75, 3.05) is 21.1 Å². The minimum absolute atomic E-state index is 0.0361. The van der Waals surface area contributed by atoms with E-state index in [1.807, 2.05) is 26.2 Å². The van der Waals surface area contributed by atoms with Gasteiger partial charge in [-0.05, 0) is 43.4 Å². The van der Waals surface area contributed by atoms with Gasteiger partial charge in [-0.3, -0.25) is 4.79 Å². The van der Waals surface area contributed by atoms with Gasteiger partial charge in [0.1, 0.15) is 18.1 Å². The Morgan fingerprint density at radius 2 is 1.90 bits per heavy atom. The number of nitrogens with zero attached hydrogens (tertiary/aromatic N) is 2. The topological polar surface area (TPSA) is 95.7 Å². The molecule has 7 nitrogen and oxygen atoms in total. The van der Waals surface area contributed by atoms with Gasteiger partial charge in [-0.15, -0.1) is 0 Å². The number of nitrogens with one attached hydrogen (secondary N) is 2. The smallest absolute Gasteiger partial charge is 0.296 e. The lowest BCUT2D eigenvalue weighted by Gasteiger charge is -2.11. The minimum atomic E-state index is -0.494. The Bertz CT molecular complexity index is 1040. The Balaban J connectivity index is 1.81. The predicted octanol–water partition coefficient (Wildman–Crippen LogP) is 3.14. The van der Waals surface area contributed by atoms with Gasteiger partial charge in [0.2, 0.25) is 0 Å². The number of fused-ring (bicyclic) bond motifs is 1. The van der Waals surface area contributed by atoms with Gasteiger partial charge in [-0.25, -0.2) is 0 Å². The lowest BCUT2D eigenvalue weighted by Crippen LogP contribution is -2.28. The summed E-state index contributed by atoms with van der Waals surface area (Å²) in [6, 6.07) is 13.4. The molecule has 29 heavy (non-hydrogen) atoms. The number of H-pyrrole nitrogens is 1. The predicted molar refractivity (Wildman–Crippen MR) is 116 cm³/mol. The van der Waals surface area contributed by atoms with Crippen LogP contribution in [0.2, 0.25) is 5.02 Å². The molecule has 1 amide bonds. The van der Waals surface area contributed by atoms with Crippen LogP contribution in [-0.2, 0) is 13.2 Å². The number of rotatable bonds is 6. The molecule has 0 spiro atoms. The second kappa shape index (κ2) is 8.98. The minimum Gasteiger partial charge on any atom is -0.487 e. The maximum absolute atomic E-state index is 12.3. The Hall–Kier alpha value is -3.03. The maximum Gasteiger partial charge on any atom is 0.296 e. The Morgan fingerprint density at radius 3 is 2.55 bits per heavy atom. The molecule has 0 saturated carbocycles. The summed E-state index contributed by atoms with van der Waals surface area (Å²) in [7, 11) is 5.67. The summed E-state index contributed by atoms with van der Waals surface area (Å²) >= 11 is 6.29. The van der Waals surface area contributed by atoms with Crippen molar-refractivity contribution < 1.29 is 9.53 Å². The van der Waals surface area contributed by atoms with Gasteiger partial charge >= 0.3 is 0 Å². The number of carbonyl (C=O) groups is 1. The molecular formula is C21H24ClN5O2. The average Bonchev–Trinajstić information content (AvgIpc) is 3.15. The van der Waals surface area contributed by atoms with Crippen LogP contribution in [0.1, 0.15) is 21.6 Å². The third kappa shape index (κ3) is 5.07. The van der Waals surface area contributed by atoms with E-state index in [1.54, 1.807) is 25.2 Å². The van der Waals surface area contributed by atoms with Crippen LogP contribution in [-0.4, -0.2) is 42.9 Å². The number of aromatic amines is 1. The highest BCUT2D eigenvalue weighted by Crippen LogP contribution is 2.32. The fourth-order valence-electron chi connectivity index (χ4n) is 2.89. The number of hydrogen-bond acceptors (Lipinski definition) is 3. The zero-order valence-corrected chi connectivity index (χ0v) is 17.4. The molecule has 0 unspecified atom stereocenters. The zero-order valence-electron chi connectivity index (χ0n) is 16.6. The van der Waals surface area contributed by atoms with E-state index in [1.165, 1.54) is 5.56 Å². The first-order chi connectivity index (χ1) is 13.9. The summed E-state index contributed by atoms with van der Waals surface area (Å²) in [4.78, 5) is 21.2. The quantitative estimate of drug-likeness (QED) is 0.426. The first-order valence-corrected chi connectivity index (χ1v) is 9.48. The molecule has 0 fully saturated rings. The standard InChI is InChI=1S/C21H24ClN5O2/c1-24-21(23)26-20(28)17-10-15-16(22)8-9-18(19(15)25-17)29-12-14-6-4-13(5-7-14)11-27(2)3/h4-10,25H,11-12H2,1-3H3,(H3,23,24,26,28). The number of benzene rings is 2. The molecule has 8 heteroatoms. The summed E-state index contributed by atoms with van der Waals surface area (Å²) in [6.07, 6.45) is 0. The monoisotopic (exact) mass is 413 g/mol. The fraction of sp³-hybridized carbons (Fsp3) is 0.238. The number of nitrogens with two attached hydrogens (primary N) is 1. The van der Waals surface area contributed by atoms with Crippen LogP contribution in [0.5, 0.6) is 5.75 Å². The van der Waals surface area contributed by atoms with Crippen molar-refractivity contribution in [3.8, 4) is 5.75 Å². The SMILES string of the molecule is CNC(N)=NC(=O)c1cc2c(Cl)ccc(OCc3ccc(CN(C)C)cc3)c2[nH]1. The summed E-state index contributed by atoms with van der Waals surface area (Å²) in [6.45, 7) is 1.28. The molecule has 1 heterocycles. The number of hydrogen-bond donors (Lipinski definition) is 3. The van der Waals surface area contributed by atoms with Crippen molar-refractivity contribution in [2.24, 2.45) is 10.7 Å². The molecule has 0 radical (unpaired) electrons. The van der Waals surface area contributed by atoms with Crippen LogP contribution >= 0.6 is 11.6 Å². The Labute approximate surface area is 174 Å². The molecule has 3 aromatic rings. The number of guanidine groups is 1. The highest BCUT2D eigenvalue weighted by Gasteiger charge is 2.15. The van der Waals surface area contributed by atoms with E-state index in [4.69, 9.17) is 22.1 Å². The molecule has 2 aromatic carbocycles. The van der Waals surface area contributed by atoms with Gasteiger partial charge in [-0.2, -0.15) is 4.99 Å². The lowest BCUT2D eigenvalue weighted by atomic mass is 10.1. The van der Waals surface area contributed by atoms with E-state index in [0.717, 1.165) is 12.1 Å². The second-order valence-electron chi connectivity index (χ2n) is 6.91. The van der Waals surface area contributed by atoms with Gasteiger partial charge in [0.15, 0.2) is 5.96 Å². The largest absolute Gasteiger partial charge is 0.487 e. The second-order valence-corrected chi connectivity index (χ2v) is 7.32. The first kappa shape index (κ1) is 20.7. The molecule has 1 aromatic heterocycles. The van der Waals surface area contributed by atoms with Crippen LogP contribution in [0.15, 0.2) is 47.5 Å². The highest BCUT2D eigenvalue weighted by atomic mass is 35.5. The van der Waals surface area contributed by atoms with Crippen LogP contribution in [0.3, 0.4) is 0 Å². The van der Waals surface area contributed by atoms with E-state index in [-0.39, 0.29) is 11.7 Å². The van der Waals surface area contributed by atoms with Crippen molar-refractivity contribution in [1.29, 1.82) is 0 Å². The molecule has 3 rings (SSSR count). The number of aromatic nitrogens is 1. The highest BCUT2D eigenvalue weighted by molar-refractivity contribution is 6.35. The van der Waals surface area contributed by atoms with Crippen molar-refractivity contribution in [1.82, 2.24) is 15.2 Å². The zero-order chi connectivity index (χ0) is 21.0. The van der Waals surface area contributed by atoms with Gasteiger partial charge in [-0.1, -0.05) is 35.9 Å². The maximum atomic E-state index is 12.3. The van der Waals surface area contributed by atoms with Crippen LogP contribution in [0.4, 0.5) is 0 Å². The Kier molecular flexibility index (Phi) is 6.41. The number of halogens is 1. The first-order valence-electron chi connectivity index (χ1n) is 9.10. The molecule has 0 saturated heterocycles. The number of amides is 1. The van der Waals surface area contributed by atoms with E-state index in [0.29, 0.717) is 28.3 Å². The van der Waals surface area contributed by atoms with Gasteiger partial charge in [0.05, 0.1) is 10.5 Å². The number of carbonyl (C=O) groups excluding carboxylic acids is 1. The van der Waals surface area contributed by atoms with E-state index >= 15 is 0 Å². The van der Waals surface area contributed by atoms with E-state index in [9.17, 15) is 4.79 Å². The van der Waals surface area contributed by atoms with Crippen molar-refractivity contribution in [3.63, 3.8) is 0 Å². The number of aliphatic imine (C=N–C) groups is 1. The third-order valence-electron chi connectivity index (χ3n) is 4.33. The molecule has 0 aliphatic rings. The summed E-state index contributed by atoms with van der Waals surface area (Å²) in [5.41, 5.74) is 8.77. The molecule has 0 bridgehead atoms. The molecule has 0 aliphatic heterocycles. The molecule has 0 atom stereocenters. The molecule has 0 aliphatic carbocycles. The van der Waals surface area contributed by atoms with Gasteiger partial charge in [0, 0.05) is 19.0 Å². The number of ether oxygens (including phenoxy) is 1. The normalized spacial score (nSPS) is 11.8. The van der Waals surface area contributed by atoms with Crippen LogP contribution in [0, 0.1) is 0 Å². The van der Waals surface area contributed by atoms with Crippen LogP contribution in [0.25, 0.3) is 10.9 Å². The lowest BCUT2D eigenvalue weighted by molar-refractivity contribution is 0.0998. The summed E-state index contributed by atoms with van der Waals surface area (Å²) < 4.78 is 5.99. The van der Waals surface area contributed by atoms with Crippen molar-refractivity contribution in [3.05, 3.63) is 64.3 Å². The summed E-state index contributed by atoms with van der Waals surface area (Å²) in [5.74, 6) is 0.145. The molecule has 152 valence electrons. The van der Waals surface area contributed by atoms with Crippen LogP contribution < -0.4 is 15.8 Å². The van der Waals surface area contributed by atoms with E-state index < -0.39 is 5.91 Å². The molecular weight excluding hydrogens is 390 g/mol. The fourth-order valence-corrected chi connectivity index (χ4v) is 3.10. The van der Waals surface area contributed by atoms with Gasteiger partial charge in [0.25, 0.3) is 5.91 Å². The van der Waals surface area contributed by atoms with Gasteiger partial charge < -0.3 is 25.7 Å². The average molecular weight is 414 g/mol. The van der Waals surface area contributed by atoms with Crippen molar-refractivity contribution >= 4 is 34.4 Å². The molecule has 4 N–H and O–H groups in total. The summed E-state index contributed by atoms with van der Waals surface area (Å²) in [5, 5.41) is 3.82. The van der Waals surface area contributed by atoms with E-state index in [2.05, 4.69) is 32.3 Å². The Morgan fingerprint density at radius 1 is 1.21 bits per heavy atom. The van der Waals surface area contributed by atoms with Crippen molar-refractivity contribution in [2.45, 2.75) is 13.2 Å².